The summed E-state index contributed by atoms with van der Waals surface area (Å²) < 4.78 is 4.71. The quantitative estimate of drug-likeness (QED) is 0.757. The van der Waals surface area contributed by atoms with E-state index in [-0.39, 0.29) is 0 Å². The number of thiophene rings is 1. The van der Waals surface area contributed by atoms with E-state index >= 15 is 0 Å². The first kappa shape index (κ1) is 12.2. The van der Waals surface area contributed by atoms with Crippen LogP contribution < -0.4 is 0 Å². The number of hydrogen-bond acceptors (Lipinski definition) is 4. The Bertz CT molecular complexity index is 282. The second kappa shape index (κ2) is 6.58. The van der Waals surface area contributed by atoms with Crippen LogP contribution in [-0.2, 0) is 16.0 Å². The van der Waals surface area contributed by atoms with E-state index in [0.29, 0.717) is 13.0 Å². The summed E-state index contributed by atoms with van der Waals surface area (Å²) in [5.74, 6) is -0.510. The summed E-state index contributed by atoms with van der Waals surface area (Å²) in [6.45, 7) is 2.05. The molecule has 0 aliphatic rings. The zero-order valence-electron chi connectivity index (χ0n) is 8.81. The van der Waals surface area contributed by atoms with Crippen molar-refractivity contribution < 1.29 is 14.6 Å². The minimum atomic E-state index is -0.968. The average Bonchev–Trinajstić information content (AvgIpc) is 2.71. The highest BCUT2D eigenvalue weighted by Gasteiger charge is 2.15. The molecule has 0 saturated carbocycles. The van der Waals surface area contributed by atoms with Crippen molar-refractivity contribution in [2.24, 2.45) is 0 Å². The number of ether oxygens (including phenoxy) is 1. The highest BCUT2D eigenvalue weighted by Crippen LogP contribution is 2.13. The number of rotatable bonds is 6. The first-order valence-electron chi connectivity index (χ1n) is 5.11. The summed E-state index contributed by atoms with van der Waals surface area (Å²) in [4.78, 5) is 12.3. The number of esters is 1. The fourth-order valence-corrected chi connectivity index (χ4v) is 2.03. The van der Waals surface area contributed by atoms with Gasteiger partial charge >= 0.3 is 5.97 Å². The Balaban J connectivity index is 2.17. The lowest BCUT2D eigenvalue weighted by molar-refractivity contribution is -0.153. The lowest BCUT2D eigenvalue weighted by atomic mass is 10.1. The van der Waals surface area contributed by atoms with Gasteiger partial charge < -0.3 is 9.84 Å². The highest BCUT2D eigenvalue weighted by atomic mass is 32.1. The molecule has 1 aromatic heterocycles. The Morgan fingerprint density at radius 1 is 1.67 bits per heavy atom. The van der Waals surface area contributed by atoms with Gasteiger partial charge in [0.2, 0.25) is 0 Å². The number of carbonyl (C=O) groups excluding carboxylic acids is 1. The van der Waals surface area contributed by atoms with Gasteiger partial charge in [-0.3, -0.25) is 0 Å². The molecule has 1 unspecified atom stereocenters. The molecule has 1 atom stereocenters. The van der Waals surface area contributed by atoms with Crippen LogP contribution in [0.5, 0.6) is 0 Å². The molecular formula is C11H16O3S. The van der Waals surface area contributed by atoms with Crippen LogP contribution in [-0.4, -0.2) is 23.8 Å². The predicted molar refractivity (Wildman–Crippen MR) is 59.9 cm³/mol. The first-order chi connectivity index (χ1) is 7.24. The summed E-state index contributed by atoms with van der Waals surface area (Å²) in [5, 5.41) is 11.4. The Morgan fingerprint density at radius 3 is 3.07 bits per heavy atom. The monoisotopic (exact) mass is 228 g/mol. The fourth-order valence-electron chi connectivity index (χ4n) is 1.28. The molecule has 84 valence electrons. The van der Waals surface area contributed by atoms with Crippen molar-refractivity contribution in [3.8, 4) is 0 Å². The van der Waals surface area contributed by atoms with Gasteiger partial charge in [0.1, 0.15) is 0 Å². The average molecular weight is 228 g/mol. The van der Waals surface area contributed by atoms with E-state index in [1.165, 1.54) is 4.88 Å². The highest BCUT2D eigenvalue weighted by molar-refractivity contribution is 7.09. The fraction of sp³-hybridized carbons (Fsp3) is 0.545. The topological polar surface area (TPSA) is 46.5 Å². The van der Waals surface area contributed by atoms with Crippen LogP contribution in [0.1, 0.15) is 24.6 Å². The second-order valence-corrected chi connectivity index (χ2v) is 4.27. The maximum absolute atomic E-state index is 11.1. The molecule has 1 N–H and O–H groups in total. The predicted octanol–water partition coefficient (Wildman–Crippen LogP) is 1.99. The molecule has 0 aliphatic heterocycles. The molecule has 1 rings (SSSR count). The zero-order chi connectivity index (χ0) is 11.1. The maximum atomic E-state index is 11.1. The number of aryl methyl sites for hydroxylation is 1. The van der Waals surface area contributed by atoms with Gasteiger partial charge in [0.05, 0.1) is 6.61 Å². The standard InChI is InChI=1S/C11H16O3S/c1-2-14-11(13)10(12)7-3-5-9-6-4-8-15-9/h4,6,8,10,12H,2-3,5,7H2,1H3. The van der Waals surface area contributed by atoms with Gasteiger partial charge in [-0.25, -0.2) is 4.79 Å². The van der Waals surface area contributed by atoms with Crippen LogP contribution in [0.25, 0.3) is 0 Å². The van der Waals surface area contributed by atoms with Gasteiger partial charge in [-0.15, -0.1) is 11.3 Å². The third-order valence-corrected chi connectivity index (χ3v) is 2.98. The minimum absolute atomic E-state index is 0.320. The van der Waals surface area contributed by atoms with Crippen LogP contribution in [0.3, 0.4) is 0 Å². The SMILES string of the molecule is CCOC(=O)C(O)CCCc1cccs1. The smallest absolute Gasteiger partial charge is 0.334 e. The summed E-state index contributed by atoms with van der Waals surface area (Å²) in [6.07, 6.45) is 1.22. The molecule has 1 heterocycles. The minimum Gasteiger partial charge on any atom is -0.464 e. The third kappa shape index (κ3) is 4.44. The molecule has 3 nitrogen and oxygen atoms in total. The van der Waals surface area contributed by atoms with Crippen molar-refractivity contribution in [1.82, 2.24) is 0 Å². The molecule has 0 radical (unpaired) electrons. The molecule has 1 aromatic rings. The summed E-state index contributed by atoms with van der Waals surface area (Å²) in [7, 11) is 0. The van der Waals surface area contributed by atoms with Crippen LogP contribution >= 0.6 is 11.3 Å². The van der Waals surface area contributed by atoms with Gasteiger partial charge in [-0.05, 0) is 37.6 Å². The van der Waals surface area contributed by atoms with Gasteiger partial charge in [-0.1, -0.05) is 6.07 Å². The van der Waals surface area contributed by atoms with Crippen molar-refractivity contribution >= 4 is 17.3 Å². The summed E-state index contributed by atoms with van der Waals surface area (Å²) in [6, 6.07) is 4.06. The normalized spacial score (nSPS) is 12.4. The van der Waals surface area contributed by atoms with Crippen LogP contribution in [0.4, 0.5) is 0 Å². The van der Waals surface area contributed by atoms with E-state index in [2.05, 4.69) is 6.07 Å². The van der Waals surface area contributed by atoms with Crippen molar-refractivity contribution in [3.05, 3.63) is 22.4 Å². The number of aliphatic hydroxyl groups is 1. The number of carbonyl (C=O) groups is 1. The van der Waals surface area contributed by atoms with Gasteiger partial charge in [0.15, 0.2) is 6.10 Å². The van der Waals surface area contributed by atoms with Gasteiger partial charge in [0, 0.05) is 4.88 Å². The van der Waals surface area contributed by atoms with Crippen molar-refractivity contribution in [1.29, 1.82) is 0 Å². The van der Waals surface area contributed by atoms with E-state index < -0.39 is 12.1 Å². The lowest BCUT2D eigenvalue weighted by Gasteiger charge is -2.08. The second-order valence-electron chi connectivity index (χ2n) is 3.24. The molecule has 0 spiro atoms. The molecule has 0 amide bonds. The summed E-state index contributed by atoms with van der Waals surface area (Å²) >= 11 is 1.70. The molecule has 4 heteroatoms. The van der Waals surface area contributed by atoms with E-state index in [1.54, 1.807) is 18.3 Å². The molecule has 0 fully saturated rings. The number of aliphatic hydroxyl groups excluding tert-OH is 1. The van der Waals surface area contributed by atoms with Crippen molar-refractivity contribution in [2.45, 2.75) is 32.3 Å². The molecule has 0 saturated heterocycles. The van der Waals surface area contributed by atoms with E-state index in [4.69, 9.17) is 4.74 Å². The molecule has 15 heavy (non-hydrogen) atoms. The largest absolute Gasteiger partial charge is 0.464 e. The van der Waals surface area contributed by atoms with Gasteiger partial charge in [0.25, 0.3) is 0 Å². The lowest BCUT2D eigenvalue weighted by Crippen LogP contribution is -2.22. The van der Waals surface area contributed by atoms with Crippen LogP contribution in [0.2, 0.25) is 0 Å². The van der Waals surface area contributed by atoms with Crippen LogP contribution in [0, 0.1) is 0 Å². The summed E-state index contributed by atoms with van der Waals surface area (Å²) in [5.41, 5.74) is 0. The van der Waals surface area contributed by atoms with Crippen molar-refractivity contribution in [2.75, 3.05) is 6.61 Å². The molecule has 0 aromatic carbocycles. The van der Waals surface area contributed by atoms with E-state index in [1.807, 2.05) is 11.4 Å². The van der Waals surface area contributed by atoms with E-state index in [9.17, 15) is 9.90 Å². The Labute approximate surface area is 93.7 Å². The Morgan fingerprint density at radius 2 is 2.47 bits per heavy atom. The number of hydrogen-bond donors (Lipinski definition) is 1. The maximum Gasteiger partial charge on any atom is 0.334 e. The molecule has 0 aliphatic carbocycles. The Kier molecular flexibility index (Phi) is 5.36. The molecular weight excluding hydrogens is 212 g/mol. The van der Waals surface area contributed by atoms with Gasteiger partial charge in [-0.2, -0.15) is 0 Å². The Hall–Kier alpha value is -0.870. The van der Waals surface area contributed by atoms with Crippen LogP contribution in [0.15, 0.2) is 17.5 Å². The first-order valence-corrected chi connectivity index (χ1v) is 5.99. The third-order valence-electron chi connectivity index (χ3n) is 2.04. The molecule has 0 bridgehead atoms. The van der Waals surface area contributed by atoms with E-state index in [0.717, 1.165) is 12.8 Å². The van der Waals surface area contributed by atoms with Crippen molar-refractivity contribution in [3.63, 3.8) is 0 Å². The zero-order valence-corrected chi connectivity index (χ0v) is 9.63.